The minimum atomic E-state index is 0. The molecule has 3 aromatic rings. The van der Waals surface area contributed by atoms with Crippen molar-refractivity contribution in [2.45, 2.75) is 25.9 Å². The topological polar surface area (TPSA) is 21.1 Å². The number of nitrogens with zero attached hydrogens (tertiary/aromatic N) is 3. The van der Waals surface area contributed by atoms with E-state index in [9.17, 15) is 0 Å². The number of halogens is 2. The lowest BCUT2D eigenvalue weighted by Gasteiger charge is -2.16. The molecular formula is C19H21BrClN3. The van der Waals surface area contributed by atoms with Crippen molar-refractivity contribution in [2.75, 3.05) is 13.1 Å². The molecule has 2 heterocycles. The maximum atomic E-state index is 4.91. The predicted molar refractivity (Wildman–Crippen MR) is 105 cm³/mol. The Balaban J connectivity index is 0.00000169. The van der Waals surface area contributed by atoms with Crippen molar-refractivity contribution in [1.82, 2.24) is 14.5 Å². The first-order valence-electron chi connectivity index (χ1n) is 8.21. The third-order valence-electron chi connectivity index (χ3n) is 4.58. The Morgan fingerprint density at radius 2 is 1.62 bits per heavy atom. The number of aromatic nitrogens is 2. The van der Waals surface area contributed by atoms with Crippen LogP contribution in [-0.2, 0) is 13.1 Å². The Hall–Kier alpha value is -1.36. The van der Waals surface area contributed by atoms with Gasteiger partial charge < -0.3 is 4.57 Å². The van der Waals surface area contributed by atoms with Crippen LogP contribution in [0.1, 0.15) is 24.2 Å². The van der Waals surface area contributed by atoms with Gasteiger partial charge in [0.1, 0.15) is 5.82 Å². The third-order valence-corrected chi connectivity index (χ3v) is 5.36. The molecule has 0 radical (unpaired) electrons. The van der Waals surface area contributed by atoms with Crippen LogP contribution in [0.5, 0.6) is 0 Å². The summed E-state index contributed by atoms with van der Waals surface area (Å²) in [4.78, 5) is 7.42. The maximum absolute atomic E-state index is 4.91. The van der Waals surface area contributed by atoms with Gasteiger partial charge in [-0.1, -0.05) is 46.3 Å². The fourth-order valence-corrected chi connectivity index (χ4v) is 3.77. The SMILES string of the molecule is Brc1ccccc1Cn1c(CN2CCCC2)nc2ccccc21.Cl. The van der Waals surface area contributed by atoms with Crippen LogP contribution < -0.4 is 0 Å². The maximum Gasteiger partial charge on any atom is 0.124 e. The number of fused-ring (bicyclic) bond motifs is 1. The molecule has 4 rings (SSSR count). The van der Waals surface area contributed by atoms with Gasteiger partial charge in [0.25, 0.3) is 0 Å². The number of imidazole rings is 1. The standard InChI is InChI=1S/C19H20BrN3.ClH/c20-16-8-2-1-7-15(16)13-23-18-10-4-3-9-17(18)21-19(23)14-22-11-5-6-12-22;/h1-4,7-10H,5-6,11-14H2;1H. The van der Waals surface area contributed by atoms with Gasteiger partial charge in [-0.15, -0.1) is 12.4 Å². The molecule has 0 saturated carbocycles. The minimum Gasteiger partial charge on any atom is -0.322 e. The van der Waals surface area contributed by atoms with Gasteiger partial charge in [-0.05, 0) is 49.7 Å². The Bertz CT molecular complexity index is 824. The van der Waals surface area contributed by atoms with E-state index >= 15 is 0 Å². The normalized spacial score (nSPS) is 14.9. The summed E-state index contributed by atoms with van der Waals surface area (Å²) in [6, 6.07) is 16.9. The summed E-state index contributed by atoms with van der Waals surface area (Å²) >= 11 is 3.67. The Kier molecular flexibility index (Phi) is 5.59. The van der Waals surface area contributed by atoms with Crippen LogP contribution in [0, 0.1) is 0 Å². The lowest BCUT2D eigenvalue weighted by Crippen LogP contribution is -2.21. The molecule has 0 bridgehead atoms. The molecule has 0 amide bonds. The molecule has 126 valence electrons. The lowest BCUT2D eigenvalue weighted by atomic mass is 10.2. The predicted octanol–water partition coefficient (Wildman–Crippen LogP) is 4.86. The number of hydrogen-bond donors (Lipinski definition) is 0. The monoisotopic (exact) mass is 405 g/mol. The largest absolute Gasteiger partial charge is 0.322 e. The van der Waals surface area contributed by atoms with Crippen molar-refractivity contribution >= 4 is 39.4 Å². The average Bonchev–Trinajstić information content (AvgIpc) is 3.19. The molecule has 5 heteroatoms. The molecule has 0 aliphatic carbocycles. The van der Waals surface area contributed by atoms with E-state index in [0.717, 1.165) is 23.1 Å². The van der Waals surface area contributed by atoms with Crippen molar-refractivity contribution in [2.24, 2.45) is 0 Å². The number of hydrogen-bond acceptors (Lipinski definition) is 2. The van der Waals surface area contributed by atoms with Crippen LogP contribution in [0.15, 0.2) is 53.0 Å². The van der Waals surface area contributed by atoms with Crippen molar-refractivity contribution < 1.29 is 0 Å². The Morgan fingerprint density at radius 3 is 2.42 bits per heavy atom. The second-order valence-corrected chi connectivity index (χ2v) is 7.03. The zero-order chi connectivity index (χ0) is 15.6. The second-order valence-electron chi connectivity index (χ2n) is 6.18. The molecule has 1 aliphatic heterocycles. The summed E-state index contributed by atoms with van der Waals surface area (Å²) in [6.07, 6.45) is 2.62. The molecule has 1 aliphatic rings. The van der Waals surface area contributed by atoms with E-state index in [0.29, 0.717) is 0 Å². The van der Waals surface area contributed by atoms with Crippen LogP contribution >= 0.6 is 28.3 Å². The number of para-hydroxylation sites is 2. The van der Waals surface area contributed by atoms with Crippen LogP contribution in [0.25, 0.3) is 11.0 Å². The third kappa shape index (κ3) is 3.51. The molecule has 1 aromatic heterocycles. The number of benzene rings is 2. The first-order chi connectivity index (χ1) is 11.3. The van der Waals surface area contributed by atoms with E-state index in [1.807, 2.05) is 0 Å². The van der Waals surface area contributed by atoms with Gasteiger partial charge in [0.15, 0.2) is 0 Å². The van der Waals surface area contributed by atoms with E-state index in [1.54, 1.807) is 0 Å². The molecule has 3 nitrogen and oxygen atoms in total. The molecule has 2 aromatic carbocycles. The van der Waals surface area contributed by atoms with Crippen molar-refractivity contribution in [3.63, 3.8) is 0 Å². The molecular weight excluding hydrogens is 386 g/mol. The van der Waals surface area contributed by atoms with Crippen LogP contribution in [0.3, 0.4) is 0 Å². The van der Waals surface area contributed by atoms with Gasteiger partial charge in [-0.3, -0.25) is 4.90 Å². The highest BCUT2D eigenvalue weighted by Crippen LogP contribution is 2.23. The number of rotatable bonds is 4. The van der Waals surface area contributed by atoms with E-state index in [-0.39, 0.29) is 12.4 Å². The molecule has 0 unspecified atom stereocenters. The van der Waals surface area contributed by atoms with E-state index in [1.165, 1.54) is 42.8 Å². The van der Waals surface area contributed by atoms with Gasteiger partial charge >= 0.3 is 0 Å². The Morgan fingerprint density at radius 1 is 0.917 bits per heavy atom. The highest BCUT2D eigenvalue weighted by atomic mass is 79.9. The van der Waals surface area contributed by atoms with E-state index in [2.05, 4.69) is 73.9 Å². The van der Waals surface area contributed by atoms with Gasteiger partial charge in [0.2, 0.25) is 0 Å². The van der Waals surface area contributed by atoms with Gasteiger partial charge in [0, 0.05) is 4.47 Å². The lowest BCUT2D eigenvalue weighted by molar-refractivity contribution is 0.318. The zero-order valence-corrected chi connectivity index (χ0v) is 15.9. The fourth-order valence-electron chi connectivity index (χ4n) is 3.36. The first-order valence-corrected chi connectivity index (χ1v) is 9.00. The van der Waals surface area contributed by atoms with Crippen molar-refractivity contribution in [3.8, 4) is 0 Å². The minimum absolute atomic E-state index is 0. The fraction of sp³-hybridized carbons (Fsp3) is 0.316. The summed E-state index contributed by atoms with van der Waals surface area (Å²) in [7, 11) is 0. The average molecular weight is 407 g/mol. The summed E-state index contributed by atoms with van der Waals surface area (Å²) in [6.45, 7) is 4.18. The van der Waals surface area contributed by atoms with Crippen LogP contribution in [-0.4, -0.2) is 27.5 Å². The molecule has 24 heavy (non-hydrogen) atoms. The second kappa shape index (κ2) is 7.68. The molecule has 0 spiro atoms. The highest BCUT2D eigenvalue weighted by molar-refractivity contribution is 9.10. The molecule has 1 fully saturated rings. The molecule has 0 N–H and O–H groups in total. The summed E-state index contributed by atoms with van der Waals surface area (Å²) < 4.78 is 3.53. The number of likely N-dealkylation sites (tertiary alicyclic amines) is 1. The highest BCUT2D eigenvalue weighted by Gasteiger charge is 2.17. The Labute approximate surface area is 157 Å². The van der Waals surface area contributed by atoms with Gasteiger partial charge in [0.05, 0.1) is 24.1 Å². The summed E-state index contributed by atoms with van der Waals surface area (Å²) in [5.41, 5.74) is 3.60. The molecule has 0 atom stereocenters. The smallest absolute Gasteiger partial charge is 0.124 e. The van der Waals surface area contributed by atoms with E-state index in [4.69, 9.17) is 4.98 Å². The van der Waals surface area contributed by atoms with Gasteiger partial charge in [-0.2, -0.15) is 0 Å². The van der Waals surface area contributed by atoms with Crippen molar-refractivity contribution in [3.05, 3.63) is 64.4 Å². The molecule has 1 saturated heterocycles. The first kappa shape index (κ1) is 17.5. The van der Waals surface area contributed by atoms with E-state index < -0.39 is 0 Å². The van der Waals surface area contributed by atoms with Gasteiger partial charge in [-0.25, -0.2) is 4.98 Å². The van der Waals surface area contributed by atoms with Crippen LogP contribution in [0.4, 0.5) is 0 Å². The zero-order valence-electron chi connectivity index (χ0n) is 13.5. The summed E-state index contributed by atoms with van der Waals surface area (Å²) in [5.74, 6) is 1.17. The summed E-state index contributed by atoms with van der Waals surface area (Å²) in [5, 5.41) is 0. The quantitative estimate of drug-likeness (QED) is 0.616. The van der Waals surface area contributed by atoms with Crippen LogP contribution in [0.2, 0.25) is 0 Å². The van der Waals surface area contributed by atoms with Crippen molar-refractivity contribution in [1.29, 1.82) is 0 Å².